The molecule has 0 amide bonds. The number of halogens is 3. The minimum atomic E-state index is -3.20. The maximum atomic E-state index is 11.1. The Morgan fingerprint density at radius 2 is 1.81 bits per heavy atom. The van der Waals surface area contributed by atoms with Crippen LogP contribution in [0.1, 0.15) is 5.56 Å². The van der Waals surface area contributed by atoms with Crippen LogP contribution < -0.4 is 0 Å². The molecular formula is C14H13BrCl2O2S2. The average Bonchev–Trinajstić information content (AvgIpc) is 2.38. The second-order valence-corrected chi connectivity index (χ2v) is 8.17. The van der Waals surface area contributed by atoms with Crippen LogP contribution in [0.25, 0.3) is 0 Å². The highest BCUT2D eigenvalue weighted by Crippen LogP contribution is 2.24. The van der Waals surface area contributed by atoms with Crippen molar-refractivity contribution in [3.63, 3.8) is 0 Å². The van der Waals surface area contributed by atoms with Gasteiger partial charge in [0.2, 0.25) is 0 Å². The molecule has 0 aromatic heterocycles. The normalized spacial score (nSPS) is 10.7. The lowest BCUT2D eigenvalue weighted by Crippen LogP contribution is -1.97. The minimum absolute atomic E-state index is 0.160. The fourth-order valence-electron chi connectivity index (χ4n) is 1.40. The number of thiol groups is 1. The molecule has 0 aliphatic carbocycles. The highest BCUT2D eigenvalue weighted by atomic mass is 79.9. The summed E-state index contributed by atoms with van der Waals surface area (Å²) in [6.45, 7) is 0. The Bertz CT molecular complexity index is 719. The zero-order valence-corrected chi connectivity index (χ0v) is 15.9. The molecule has 0 saturated carbocycles. The molecule has 0 heterocycles. The van der Waals surface area contributed by atoms with Crippen molar-refractivity contribution in [1.29, 1.82) is 0 Å². The van der Waals surface area contributed by atoms with Gasteiger partial charge in [0.25, 0.3) is 0 Å². The van der Waals surface area contributed by atoms with Crippen LogP contribution in [0.4, 0.5) is 0 Å². The number of alkyl halides is 1. The first-order valence-electron chi connectivity index (χ1n) is 5.73. The van der Waals surface area contributed by atoms with Crippen LogP contribution in [0.5, 0.6) is 0 Å². The highest BCUT2D eigenvalue weighted by molar-refractivity contribution is 9.10. The van der Waals surface area contributed by atoms with Gasteiger partial charge in [0.05, 0.1) is 9.92 Å². The summed E-state index contributed by atoms with van der Waals surface area (Å²) in [5.74, 6) is 0.541. The van der Waals surface area contributed by atoms with E-state index < -0.39 is 9.84 Å². The van der Waals surface area contributed by atoms with Crippen molar-refractivity contribution in [1.82, 2.24) is 0 Å². The molecule has 0 spiro atoms. The van der Waals surface area contributed by atoms with Gasteiger partial charge in [0.1, 0.15) is 0 Å². The fraction of sp³-hybridized carbons (Fsp3) is 0.143. The van der Waals surface area contributed by atoms with Crippen molar-refractivity contribution in [2.75, 3.05) is 6.26 Å². The average molecular weight is 428 g/mol. The second-order valence-electron chi connectivity index (χ2n) is 4.11. The summed E-state index contributed by atoms with van der Waals surface area (Å²) in [6, 6.07) is 12.5. The molecule has 2 aromatic carbocycles. The van der Waals surface area contributed by atoms with E-state index in [1.165, 1.54) is 6.07 Å². The molecule has 0 bridgehead atoms. The molecule has 7 heteroatoms. The van der Waals surface area contributed by atoms with Crippen LogP contribution in [0.2, 0.25) is 5.02 Å². The third-order valence-electron chi connectivity index (χ3n) is 2.43. The van der Waals surface area contributed by atoms with E-state index in [1.54, 1.807) is 12.1 Å². The first-order chi connectivity index (χ1) is 9.75. The van der Waals surface area contributed by atoms with Gasteiger partial charge in [-0.25, -0.2) is 8.42 Å². The maximum absolute atomic E-state index is 11.1. The molecule has 2 rings (SSSR count). The maximum Gasteiger partial charge on any atom is 0.176 e. The highest BCUT2D eigenvalue weighted by Gasteiger charge is 2.11. The van der Waals surface area contributed by atoms with Gasteiger partial charge < -0.3 is 0 Å². The smallest absolute Gasteiger partial charge is 0.176 e. The third kappa shape index (κ3) is 6.20. The summed E-state index contributed by atoms with van der Waals surface area (Å²) in [6.07, 6.45) is 1.13. The van der Waals surface area contributed by atoms with Gasteiger partial charge in [0.15, 0.2) is 9.84 Å². The number of hydrogen-bond donors (Lipinski definition) is 1. The summed E-state index contributed by atoms with van der Waals surface area (Å²) in [5, 5.41) is 0.242. The lowest BCUT2D eigenvalue weighted by Gasteiger charge is -2.00. The van der Waals surface area contributed by atoms with Crippen LogP contribution in [-0.4, -0.2) is 14.7 Å². The summed E-state index contributed by atoms with van der Waals surface area (Å²) in [4.78, 5) is 1.12. The predicted octanol–water partition coefficient (Wildman–Crippen LogP) is 5.22. The van der Waals surface area contributed by atoms with Gasteiger partial charge in [-0.05, 0) is 29.8 Å². The van der Waals surface area contributed by atoms with Crippen molar-refractivity contribution in [3.05, 3.63) is 57.5 Å². The molecule has 0 radical (unpaired) electrons. The molecule has 21 heavy (non-hydrogen) atoms. The molecule has 2 aromatic rings. The van der Waals surface area contributed by atoms with E-state index in [0.29, 0.717) is 5.88 Å². The standard InChI is InChI=1S/C7H6BrClO2S.C7H7ClS/c1-12(10,11)7-3-2-5(8)4-6(7)9;8-5-6-3-1-2-4-7(6)9/h2-4H,1H3;1-4,9H,5H2. The van der Waals surface area contributed by atoms with Gasteiger partial charge in [-0.2, -0.15) is 0 Å². The number of rotatable bonds is 2. The molecule has 0 N–H and O–H groups in total. The van der Waals surface area contributed by atoms with Crippen LogP contribution in [0.15, 0.2) is 56.7 Å². The van der Waals surface area contributed by atoms with Gasteiger partial charge in [-0.3, -0.25) is 0 Å². The Balaban J connectivity index is 0.000000219. The van der Waals surface area contributed by atoms with Crippen LogP contribution >= 0.6 is 51.8 Å². The van der Waals surface area contributed by atoms with E-state index in [1.807, 2.05) is 24.3 Å². The molecule has 0 fully saturated rings. The van der Waals surface area contributed by atoms with E-state index in [9.17, 15) is 8.42 Å². The summed E-state index contributed by atoms with van der Waals surface area (Å²) >= 11 is 18.7. The minimum Gasteiger partial charge on any atom is -0.224 e. The molecule has 0 unspecified atom stereocenters. The van der Waals surface area contributed by atoms with Crippen molar-refractivity contribution in [2.24, 2.45) is 0 Å². The number of sulfone groups is 1. The van der Waals surface area contributed by atoms with Gasteiger partial charge in [-0.1, -0.05) is 45.7 Å². The number of hydrogen-bond acceptors (Lipinski definition) is 3. The first kappa shape index (κ1) is 18.8. The van der Waals surface area contributed by atoms with Crippen molar-refractivity contribution >= 4 is 61.6 Å². The molecule has 0 atom stereocenters. The largest absolute Gasteiger partial charge is 0.224 e. The quantitative estimate of drug-likeness (QED) is 0.526. The van der Waals surface area contributed by atoms with Gasteiger partial charge in [-0.15, -0.1) is 24.2 Å². The Labute approximate surface area is 148 Å². The zero-order chi connectivity index (χ0) is 16.0. The summed E-state index contributed by atoms with van der Waals surface area (Å²) in [5.41, 5.74) is 1.09. The Morgan fingerprint density at radius 3 is 2.24 bits per heavy atom. The van der Waals surface area contributed by atoms with E-state index in [4.69, 9.17) is 23.2 Å². The van der Waals surface area contributed by atoms with Crippen molar-refractivity contribution in [3.8, 4) is 0 Å². The van der Waals surface area contributed by atoms with E-state index in [0.717, 1.165) is 21.2 Å². The molecule has 2 nitrogen and oxygen atoms in total. The van der Waals surface area contributed by atoms with E-state index in [-0.39, 0.29) is 9.92 Å². The van der Waals surface area contributed by atoms with Crippen molar-refractivity contribution in [2.45, 2.75) is 15.7 Å². The second kappa shape index (κ2) is 8.44. The Morgan fingerprint density at radius 1 is 1.19 bits per heavy atom. The fourth-order valence-corrected chi connectivity index (χ4v) is 3.79. The first-order valence-corrected chi connectivity index (χ1v) is 9.78. The van der Waals surface area contributed by atoms with E-state index in [2.05, 4.69) is 28.6 Å². The number of benzene rings is 2. The third-order valence-corrected chi connectivity index (χ3v) is 5.23. The van der Waals surface area contributed by atoms with E-state index >= 15 is 0 Å². The monoisotopic (exact) mass is 426 g/mol. The SMILES string of the molecule is CS(=O)(=O)c1ccc(Br)cc1Cl.Sc1ccccc1CCl. The molecule has 0 aliphatic rings. The molecular weight excluding hydrogens is 415 g/mol. The summed E-state index contributed by atoms with van der Waals surface area (Å²) in [7, 11) is -3.20. The van der Waals surface area contributed by atoms with Crippen molar-refractivity contribution < 1.29 is 8.42 Å². The van der Waals surface area contributed by atoms with Crippen LogP contribution in [-0.2, 0) is 15.7 Å². The predicted molar refractivity (Wildman–Crippen MR) is 95.5 cm³/mol. The lowest BCUT2D eigenvalue weighted by atomic mass is 10.2. The Kier molecular flexibility index (Phi) is 7.57. The lowest BCUT2D eigenvalue weighted by molar-refractivity contribution is 0.602. The van der Waals surface area contributed by atoms with Crippen LogP contribution in [0, 0.1) is 0 Å². The topological polar surface area (TPSA) is 34.1 Å². The van der Waals surface area contributed by atoms with Gasteiger partial charge in [0, 0.05) is 21.5 Å². The van der Waals surface area contributed by atoms with Gasteiger partial charge >= 0.3 is 0 Å². The zero-order valence-electron chi connectivity index (χ0n) is 11.1. The van der Waals surface area contributed by atoms with Crippen LogP contribution in [0.3, 0.4) is 0 Å². The molecule has 114 valence electrons. The molecule has 0 aliphatic heterocycles. The Hall–Kier alpha value is -0.200. The molecule has 0 saturated heterocycles. The summed E-state index contributed by atoms with van der Waals surface area (Å²) < 4.78 is 22.9.